The Labute approximate surface area is 251 Å². The summed E-state index contributed by atoms with van der Waals surface area (Å²) in [7, 11) is 0. The van der Waals surface area contributed by atoms with Gasteiger partial charge in [-0.1, -0.05) is 61.2 Å². The van der Waals surface area contributed by atoms with Gasteiger partial charge in [-0.15, -0.1) is 11.8 Å². The van der Waals surface area contributed by atoms with Crippen molar-refractivity contribution in [2.24, 2.45) is 5.92 Å². The van der Waals surface area contributed by atoms with Gasteiger partial charge in [0.05, 0.1) is 27.7 Å². The van der Waals surface area contributed by atoms with Crippen molar-refractivity contribution in [2.45, 2.75) is 49.0 Å². The van der Waals surface area contributed by atoms with Crippen LogP contribution < -0.4 is 5.32 Å². The molecule has 0 unspecified atom stereocenters. The van der Waals surface area contributed by atoms with Crippen LogP contribution >= 0.6 is 23.5 Å². The van der Waals surface area contributed by atoms with Crippen molar-refractivity contribution in [3.8, 4) is 0 Å². The molecule has 0 aliphatic carbocycles. The highest BCUT2D eigenvalue weighted by Crippen LogP contribution is 2.63. The van der Waals surface area contributed by atoms with Crippen LogP contribution in [0.4, 0.5) is 5.69 Å². The maximum Gasteiger partial charge on any atom is 0.354 e. The van der Waals surface area contributed by atoms with E-state index in [1.165, 1.54) is 40.6 Å². The van der Waals surface area contributed by atoms with Gasteiger partial charge in [-0.3, -0.25) is 29.5 Å². The van der Waals surface area contributed by atoms with Gasteiger partial charge in [-0.25, -0.2) is 4.79 Å². The second-order valence-electron chi connectivity index (χ2n) is 10.6. The first-order valence-electron chi connectivity index (χ1n) is 13.7. The molecular weight excluding hydrogens is 580 g/mol. The average molecular weight is 613 g/mol. The largest absolute Gasteiger partial charge is 0.477 e. The molecule has 11 nitrogen and oxygen atoms in total. The standard InChI is InChI=1S/C29H32N4O7S2/c1-2-22(34)24-26(36)32-25(27(37)38)28(42-29(24,32)14-18-8-10-20(11-9-18)33(39)40)41-21-12-13-31(16-21)17-23(35)30-15-19-6-4-3-5-7-19/h3-11,21-22,24,34H,2,12-17H2,1H3,(H,30,35)(H,37,38)/t21-,22-,24+,29+/m0/s1. The smallest absolute Gasteiger partial charge is 0.354 e. The summed E-state index contributed by atoms with van der Waals surface area (Å²) in [6, 6.07) is 15.6. The molecule has 0 bridgehead atoms. The molecule has 3 N–H and O–H groups in total. The van der Waals surface area contributed by atoms with Crippen LogP contribution in [-0.2, 0) is 27.3 Å². The molecule has 3 heterocycles. The topological polar surface area (TPSA) is 153 Å². The van der Waals surface area contributed by atoms with Gasteiger partial charge in [0.15, 0.2) is 5.70 Å². The minimum atomic E-state index is -1.22. The Bertz CT molecular complexity index is 1400. The summed E-state index contributed by atoms with van der Waals surface area (Å²) >= 11 is 2.69. The highest BCUT2D eigenvalue weighted by molar-refractivity contribution is 8.23. The fourth-order valence-electron chi connectivity index (χ4n) is 5.76. The molecule has 13 heteroatoms. The lowest BCUT2D eigenvalue weighted by Crippen LogP contribution is -2.71. The number of non-ortho nitro benzene ring substituents is 1. The van der Waals surface area contributed by atoms with Crippen LogP contribution in [-0.4, -0.2) is 78.6 Å². The van der Waals surface area contributed by atoms with Gasteiger partial charge in [0.2, 0.25) is 11.8 Å². The lowest BCUT2D eigenvalue weighted by molar-refractivity contribution is -0.384. The number of nitrogens with zero attached hydrogens (tertiary/aromatic N) is 3. The third kappa shape index (κ3) is 5.91. The minimum absolute atomic E-state index is 0.0172. The molecule has 0 radical (unpaired) electrons. The van der Waals surface area contributed by atoms with Crippen molar-refractivity contribution in [1.29, 1.82) is 0 Å². The van der Waals surface area contributed by atoms with Crippen LogP contribution in [0.1, 0.15) is 30.9 Å². The van der Waals surface area contributed by atoms with E-state index < -0.39 is 33.7 Å². The first kappa shape index (κ1) is 30.1. The minimum Gasteiger partial charge on any atom is -0.477 e. The van der Waals surface area contributed by atoms with Crippen LogP contribution in [0.3, 0.4) is 0 Å². The monoisotopic (exact) mass is 612 g/mol. The van der Waals surface area contributed by atoms with Gasteiger partial charge >= 0.3 is 5.97 Å². The number of aliphatic hydroxyl groups excluding tert-OH is 1. The number of hydrogen-bond donors (Lipinski definition) is 3. The molecule has 2 amide bonds. The Balaban J connectivity index is 1.29. The maximum absolute atomic E-state index is 13.3. The van der Waals surface area contributed by atoms with Gasteiger partial charge in [0.25, 0.3) is 5.69 Å². The van der Waals surface area contributed by atoms with Crippen molar-refractivity contribution in [3.05, 3.63) is 85.8 Å². The number of β-lactam (4-membered cyclic amide) rings is 1. The van der Waals surface area contributed by atoms with Crippen LogP contribution in [0, 0.1) is 16.0 Å². The number of aliphatic hydroxyl groups is 1. The quantitative estimate of drug-likeness (QED) is 0.185. The van der Waals surface area contributed by atoms with Gasteiger partial charge < -0.3 is 15.5 Å². The molecule has 0 spiro atoms. The number of nitro benzene ring substituents is 1. The van der Waals surface area contributed by atoms with Crippen LogP contribution in [0.15, 0.2) is 64.5 Å². The predicted molar refractivity (Wildman–Crippen MR) is 159 cm³/mol. The molecule has 5 rings (SSSR count). The molecule has 2 aromatic carbocycles. The summed E-state index contributed by atoms with van der Waals surface area (Å²) in [6.07, 6.45) is 0.331. The zero-order valence-corrected chi connectivity index (χ0v) is 24.6. The number of benzene rings is 2. The Hall–Kier alpha value is -3.39. The molecule has 42 heavy (non-hydrogen) atoms. The highest BCUT2D eigenvalue weighted by Gasteiger charge is 2.68. The lowest BCUT2D eigenvalue weighted by Gasteiger charge is -2.54. The zero-order valence-electron chi connectivity index (χ0n) is 23.0. The molecule has 3 aliphatic heterocycles. The molecule has 2 saturated heterocycles. The summed E-state index contributed by atoms with van der Waals surface area (Å²) < 4.78 is 0.504. The van der Waals surface area contributed by atoms with Crippen molar-refractivity contribution in [3.63, 3.8) is 0 Å². The Morgan fingerprint density at radius 2 is 1.90 bits per heavy atom. The number of likely N-dealkylation sites (tertiary alicyclic amines) is 1. The molecule has 3 aliphatic rings. The molecule has 4 atom stereocenters. The molecule has 2 fully saturated rings. The fourth-order valence-corrected chi connectivity index (χ4v) is 9.39. The van der Waals surface area contributed by atoms with E-state index in [0.29, 0.717) is 35.9 Å². The number of hydrogen-bond acceptors (Lipinski definition) is 9. The Kier molecular flexibility index (Phi) is 8.92. The number of aliphatic carboxylic acids is 1. The van der Waals surface area contributed by atoms with E-state index in [2.05, 4.69) is 5.32 Å². The van der Waals surface area contributed by atoms with Crippen LogP contribution in [0.25, 0.3) is 0 Å². The summed E-state index contributed by atoms with van der Waals surface area (Å²) in [5, 5.41) is 35.1. The fraction of sp³-hybridized carbons (Fsp3) is 0.414. The van der Waals surface area contributed by atoms with Crippen LogP contribution in [0.2, 0.25) is 0 Å². The molecular formula is C29H32N4O7S2. The number of nitro groups is 1. The molecule has 0 saturated carbocycles. The van der Waals surface area contributed by atoms with Crippen LogP contribution in [0.5, 0.6) is 0 Å². The van der Waals surface area contributed by atoms with E-state index in [1.807, 2.05) is 35.2 Å². The van der Waals surface area contributed by atoms with E-state index >= 15 is 0 Å². The molecule has 0 aromatic heterocycles. The zero-order chi connectivity index (χ0) is 30.0. The third-order valence-corrected chi connectivity index (χ3v) is 10.8. The predicted octanol–water partition coefficient (Wildman–Crippen LogP) is 3.19. The number of carbonyl (C=O) groups is 3. The number of amides is 2. The number of rotatable bonds is 12. The highest BCUT2D eigenvalue weighted by atomic mass is 32.2. The lowest BCUT2D eigenvalue weighted by atomic mass is 9.77. The van der Waals surface area contributed by atoms with Crippen molar-refractivity contribution < 1.29 is 29.5 Å². The van der Waals surface area contributed by atoms with E-state index in [-0.39, 0.29) is 35.5 Å². The number of carboxylic acid groups (broad SMARTS) is 1. The molecule has 222 valence electrons. The average Bonchev–Trinajstić information content (AvgIpc) is 3.52. The summed E-state index contributed by atoms with van der Waals surface area (Å²) in [5.74, 6) is -2.56. The second kappa shape index (κ2) is 12.5. The van der Waals surface area contributed by atoms with Crippen molar-refractivity contribution in [2.75, 3.05) is 19.6 Å². The molecule has 2 aromatic rings. The second-order valence-corrected chi connectivity index (χ2v) is 13.5. The normalized spacial score (nSPS) is 24.3. The first-order valence-corrected chi connectivity index (χ1v) is 15.4. The number of carboxylic acids is 1. The Morgan fingerprint density at radius 3 is 2.55 bits per heavy atom. The first-order chi connectivity index (χ1) is 20.1. The van der Waals surface area contributed by atoms with Gasteiger partial charge in [-0.05, 0) is 30.5 Å². The van der Waals surface area contributed by atoms with E-state index in [1.54, 1.807) is 19.1 Å². The number of fused-ring (bicyclic) bond motifs is 1. The summed E-state index contributed by atoms with van der Waals surface area (Å²) in [5.41, 5.74) is 1.56. The number of thioether (sulfide) groups is 2. The van der Waals surface area contributed by atoms with Crippen molar-refractivity contribution in [1.82, 2.24) is 15.1 Å². The van der Waals surface area contributed by atoms with Gasteiger partial charge in [-0.2, -0.15) is 0 Å². The number of carbonyl (C=O) groups excluding carboxylic acids is 2. The van der Waals surface area contributed by atoms with E-state index in [9.17, 15) is 34.7 Å². The van der Waals surface area contributed by atoms with Crippen molar-refractivity contribution >= 4 is 47.0 Å². The van der Waals surface area contributed by atoms with Gasteiger partial charge in [0, 0.05) is 36.9 Å². The number of nitrogens with one attached hydrogen (secondary N) is 1. The summed E-state index contributed by atoms with van der Waals surface area (Å²) in [6.45, 7) is 3.73. The Morgan fingerprint density at radius 1 is 1.19 bits per heavy atom. The SMILES string of the molecule is CC[C@H](O)[C@@H]1C(=O)N2C(C(=O)O)=C(S[C@H]3CCN(CC(=O)NCc4ccccc4)C3)S[C@]12Cc1ccc([N+](=O)[O-])cc1. The summed E-state index contributed by atoms with van der Waals surface area (Å²) in [4.78, 5) is 51.3. The van der Waals surface area contributed by atoms with E-state index in [4.69, 9.17) is 0 Å². The van der Waals surface area contributed by atoms with Gasteiger partial charge in [0.1, 0.15) is 4.87 Å². The van der Waals surface area contributed by atoms with E-state index in [0.717, 1.165) is 12.0 Å². The third-order valence-electron chi connectivity index (χ3n) is 7.85. The maximum atomic E-state index is 13.3.